The molecular formula is C23H30ClN5O. The summed E-state index contributed by atoms with van der Waals surface area (Å²) in [7, 11) is 3.90. The van der Waals surface area contributed by atoms with Crippen molar-refractivity contribution < 1.29 is 4.79 Å². The van der Waals surface area contributed by atoms with Crippen molar-refractivity contribution in [2.45, 2.75) is 31.6 Å². The molecule has 1 aromatic carbocycles. The predicted octanol–water partition coefficient (Wildman–Crippen LogP) is 3.66. The smallest absolute Gasteiger partial charge is 0.236 e. The van der Waals surface area contributed by atoms with Gasteiger partial charge in [-0.3, -0.25) is 9.69 Å². The van der Waals surface area contributed by atoms with Crippen molar-refractivity contribution in [3.8, 4) is 11.1 Å². The molecule has 0 aliphatic carbocycles. The fraction of sp³-hybridized carbons (Fsp3) is 0.522. The third-order valence-electron chi connectivity index (χ3n) is 6.08. The van der Waals surface area contributed by atoms with Crippen LogP contribution < -0.4 is 4.90 Å². The molecule has 2 aliphatic heterocycles. The average Bonchev–Trinajstić information content (AvgIpc) is 3.27. The quantitative estimate of drug-likeness (QED) is 0.728. The monoisotopic (exact) mass is 427 g/mol. The van der Waals surface area contributed by atoms with Gasteiger partial charge in [-0.15, -0.1) is 0 Å². The Bertz CT molecular complexity index is 880. The van der Waals surface area contributed by atoms with Gasteiger partial charge in [0.15, 0.2) is 0 Å². The number of amides is 1. The van der Waals surface area contributed by atoms with E-state index >= 15 is 0 Å². The van der Waals surface area contributed by atoms with E-state index < -0.39 is 0 Å². The molecule has 2 aromatic rings. The highest BCUT2D eigenvalue weighted by Crippen LogP contribution is 2.34. The zero-order chi connectivity index (χ0) is 21.1. The van der Waals surface area contributed by atoms with Crippen LogP contribution in [-0.2, 0) is 4.79 Å². The fourth-order valence-corrected chi connectivity index (χ4v) is 4.55. The van der Waals surface area contributed by atoms with Gasteiger partial charge in [0.1, 0.15) is 0 Å². The molecule has 0 spiro atoms. The Hall–Kier alpha value is -2.18. The zero-order valence-corrected chi connectivity index (χ0v) is 18.6. The van der Waals surface area contributed by atoms with Crippen LogP contribution in [0.5, 0.6) is 0 Å². The summed E-state index contributed by atoms with van der Waals surface area (Å²) in [5.74, 6) is 1.15. The van der Waals surface area contributed by atoms with Gasteiger partial charge in [0.05, 0.1) is 12.2 Å². The topological polar surface area (TPSA) is 52.6 Å². The van der Waals surface area contributed by atoms with E-state index in [-0.39, 0.29) is 11.8 Å². The Kier molecular flexibility index (Phi) is 6.54. The summed E-state index contributed by atoms with van der Waals surface area (Å²) < 4.78 is 0. The number of benzene rings is 1. The second kappa shape index (κ2) is 9.31. The van der Waals surface area contributed by atoms with E-state index in [1.807, 2.05) is 54.4 Å². The molecule has 3 heterocycles. The van der Waals surface area contributed by atoms with Gasteiger partial charge >= 0.3 is 0 Å². The van der Waals surface area contributed by atoms with Crippen LogP contribution in [0, 0.1) is 0 Å². The molecule has 1 aromatic heterocycles. The van der Waals surface area contributed by atoms with Gasteiger partial charge < -0.3 is 9.80 Å². The molecular weight excluding hydrogens is 398 g/mol. The Labute approximate surface area is 183 Å². The lowest BCUT2D eigenvalue weighted by molar-refractivity contribution is -0.133. The van der Waals surface area contributed by atoms with Crippen molar-refractivity contribution in [1.29, 1.82) is 0 Å². The van der Waals surface area contributed by atoms with E-state index in [0.717, 1.165) is 55.8 Å². The van der Waals surface area contributed by atoms with Gasteiger partial charge in [0.2, 0.25) is 11.9 Å². The second-order valence-electron chi connectivity index (χ2n) is 8.53. The number of halogens is 1. The first-order chi connectivity index (χ1) is 14.5. The van der Waals surface area contributed by atoms with E-state index in [2.05, 4.69) is 9.88 Å². The molecule has 160 valence electrons. The molecule has 1 atom stereocenters. The second-order valence-corrected chi connectivity index (χ2v) is 8.97. The number of rotatable bonds is 5. The van der Waals surface area contributed by atoms with Crippen LogP contribution in [0.4, 0.5) is 5.95 Å². The van der Waals surface area contributed by atoms with Crippen LogP contribution in [0.15, 0.2) is 30.5 Å². The van der Waals surface area contributed by atoms with Crippen LogP contribution in [0.2, 0.25) is 5.02 Å². The molecule has 30 heavy (non-hydrogen) atoms. The Morgan fingerprint density at radius 1 is 1.13 bits per heavy atom. The first kappa shape index (κ1) is 21.1. The molecule has 2 saturated heterocycles. The van der Waals surface area contributed by atoms with Crippen molar-refractivity contribution in [3.63, 3.8) is 0 Å². The van der Waals surface area contributed by atoms with Crippen LogP contribution in [0.3, 0.4) is 0 Å². The predicted molar refractivity (Wildman–Crippen MR) is 121 cm³/mol. The van der Waals surface area contributed by atoms with Gasteiger partial charge in [-0.2, -0.15) is 0 Å². The average molecular weight is 428 g/mol. The first-order valence-electron chi connectivity index (χ1n) is 10.8. The number of hydrogen-bond acceptors (Lipinski definition) is 5. The zero-order valence-electron chi connectivity index (χ0n) is 17.9. The Morgan fingerprint density at radius 3 is 2.57 bits per heavy atom. The highest BCUT2D eigenvalue weighted by Gasteiger charge is 2.29. The van der Waals surface area contributed by atoms with Crippen LogP contribution >= 0.6 is 11.6 Å². The number of carbonyl (C=O) groups excluding carboxylic acids is 1. The minimum absolute atomic E-state index is 0.202. The summed E-state index contributed by atoms with van der Waals surface area (Å²) >= 11 is 6.09. The van der Waals surface area contributed by atoms with Gasteiger partial charge in [-0.05, 0) is 56.5 Å². The summed E-state index contributed by atoms with van der Waals surface area (Å²) in [5.41, 5.74) is 3.10. The lowest BCUT2D eigenvalue weighted by Gasteiger charge is -2.34. The Balaban J connectivity index is 1.59. The highest BCUT2D eigenvalue weighted by atomic mass is 35.5. The molecule has 0 bridgehead atoms. The third kappa shape index (κ3) is 4.76. The first-order valence-corrected chi connectivity index (χ1v) is 11.2. The SMILES string of the molecule is CN(C)c1ncc(-c2ccc(Cl)cc2)c([C@@H]2CCCN(C(=O)CN3CCCC3)C2)n1. The third-order valence-corrected chi connectivity index (χ3v) is 6.33. The fourth-order valence-electron chi connectivity index (χ4n) is 4.42. The number of hydrogen-bond donors (Lipinski definition) is 0. The van der Waals surface area contributed by atoms with Gasteiger partial charge in [-0.1, -0.05) is 23.7 Å². The molecule has 0 saturated carbocycles. The van der Waals surface area contributed by atoms with E-state index in [9.17, 15) is 4.79 Å². The summed E-state index contributed by atoms with van der Waals surface area (Å²) in [5, 5.41) is 0.711. The van der Waals surface area contributed by atoms with E-state index in [1.165, 1.54) is 12.8 Å². The largest absolute Gasteiger partial charge is 0.347 e. The molecule has 0 radical (unpaired) electrons. The summed E-state index contributed by atoms with van der Waals surface area (Å²) in [4.78, 5) is 28.6. The van der Waals surface area contributed by atoms with Gasteiger partial charge in [0, 0.05) is 49.9 Å². The molecule has 2 aliphatic rings. The maximum absolute atomic E-state index is 12.9. The minimum atomic E-state index is 0.202. The van der Waals surface area contributed by atoms with Crippen LogP contribution in [0.25, 0.3) is 11.1 Å². The maximum Gasteiger partial charge on any atom is 0.236 e. The molecule has 7 heteroatoms. The lowest BCUT2D eigenvalue weighted by atomic mass is 9.90. The summed E-state index contributed by atoms with van der Waals surface area (Å²) in [6, 6.07) is 7.82. The van der Waals surface area contributed by atoms with Crippen LogP contribution in [-0.4, -0.2) is 72.5 Å². The van der Waals surface area contributed by atoms with Crippen molar-refractivity contribution in [2.24, 2.45) is 0 Å². The molecule has 0 N–H and O–H groups in total. The molecule has 1 amide bonds. The number of nitrogens with zero attached hydrogens (tertiary/aromatic N) is 5. The molecule has 4 rings (SSSR count). The number of anilines is 1. The number of aromatic nitrogens is 2. The molecule has 0 unspecified atom stereocenters. The molecule has 2 fully saturated rings. The van der Waals surface area contributed by atoms with Crippen LogP contribution in [0.1, 0.15) is 37.3 Å². The van der Waals surface area contributed by atoms with Crippen molar-refractivity contribution in [2.75, 3.05) is 51.7 Å². The van der Waals surface area contributed by atoms with Crippen molar-refractivity contribution in [3.05, 3.63) is 41.2 Å². The molecule has 6 nitrogen and oxygen atoms in total. The lowest BCUT2D eigenvalue weighted by Crippen LogP contribution is -2.44. The highest BCUT2D eigenvalue weighted by molar-refractivity contribution is 6.30. The summed E-state index contributed by atoms with van der Waals surface area (Å²) in [6.45, 7) is 4.19. The number of piperidine rings is 1. The van der Waals surface area contributed by atoms with E-state index in [0.29, 0.717) is 17.5 Å². The maximum atomic E-state index is 12.9. The van der Waals surface area contributed by atoms with Gasteiger partial charge in [0.25, 0.3) is 0 Å². The Morgan fingerprint density at radius 2 is 1.87 bits per heavy atom. The number of likely N-dealkylation sites (tertiary alicyclic amines) is 2. The van der Waals surface area contributed by atoms with E-state index in [1.54, 1.807) is 0 Å². The van der Waals surface area contributed by atoms with Crippen molar-refractivity contribution in [1.82, 2.24) is 19.8 Å². The summed E-state index contributed by atoms with van der Waals surface area (Å²) in [6.07, 6.45) is 6.34. The normalized spacial score (nSPS) is 19.8. The number of carbonyl (C=O) groups is 1. The van der Waals surface area contributed by atoms with Gasteiger partial charge in [-0.25, -0.2) is 9.97 Å². The van der Waals surface area contributed by atoms with Crippen molar-refractivity contribution >= 4 is 23.5 Å². The standard InChI is InChI=1S/C23H30ClN5O/c1-27(2)23-25-14-20(17-7-9-19(24)10-8-17)22(26-23)18-6-5-13-29(15-18)21(30)16-28-11-3-4-12-28/h7-10,14,18H,3-6,11-13,15-16H2,1-2H3/t18-/m1/s1. The minimum Gasteiger partial charge on any atom is -0.347 e. The van der Waals surface area contributed by atoms with E-state index in [4.69, 9.17) is 16.6 Å².